The summed E-state index contributed by atoms with van der Waals surface area (Å²) in [6.07, 6.45) is 4.73. The Morgan fingerprint density at radius 3 is 2.89 bits per heavy atom. The molecule has 1 N–H and O–H groups in total. The summed E-state index contributed by atoms with van der Waals surface area (Å²) < 4.78 is 7.73. The monoisotopic (exact) mass is 420 g/mol. The molecule has 0 saturated carbocycles. The van der Waals surface area contributed by atoms with E-state index in [4.69, 9.17) is 27.9 Å². The van der Waals surface area contributed by atoms with E-state index in [9.17, 15) is 4.79 Å². The first-order chi connectivity index (χ1) is 13.6. The highest BCUT2D eigenvalue weighted by molar-refractivity contribution is 6.43. The molecule has 2 aliphatic rings. The Bertz CT molecular complexity index is 978. The molecule has 2 aromatic heterocycles. The smallest absolute Gasteiger partial charge is 0.256 e. The number of rotatable bonds is 4. The fraction of sp³-hybridized carbons (Fsp3) is 0.333. The number of carbonyl (C=O) groups is 1. The van der Waals surface area contributed by atoms with E-state index in [0.29, 0.717) is 37.0 Å². The maximum absolute atomic E-state index is 13.4. The lowest BCUT2D eigenvalue weighted by atomic mass is 10.0. The summed E-state index contributed by atoms with van der Waals surface area (Å²) in [6, 6.07) is 1.28. The minimum absolute atomic E-state index is 0.174. The molecule has 2 atom stereocenters. The van der Waals surface area contributed by atoms with Crippen LogP contribution in [0.25, 0.3) is 11.5 Å². The summed E-state index contributed by atoms with van der Waals surface area (Å²) in [5.74, 6) is 1.14. The highest BCUT2D eigenvalue weighted by atomic mass is 35.5. The highest BCUT2D eigenvalue weighted by Crippen LogP contribution is 2.37. The summed E-state index contributed by atoms with van der Waals surface area (Å²) >= 11 is 12.4. The van der Waals surface area contributed by atoms with E-state index >= 15 is 0 Å². The van der Waals surface area contributed by atoms with Crippen molar-refractivity contribution in [3.05, 3.63) is 52.5 Å². The molecule has 4 heterocycles. The van der Waals surface area contributed by atoms with Crippen molar-refractivity contribution in [1.29, 1.82) is 0 Å². The molecule has 0 aromatic carbocycles. The van der Waals surface area contributed by atoms with E-state index in [1.165, 1.54) is 6.08 Å². The molecule has 0 radical (unpaired) electrons. The van der Waals surface area contributed by atoms with Gasteiger partial charge in [-0.25, -0.2) is 0 Å². The van der Waals surface area contributed by atoms with Crippen molar-refractivity contribution < 1.29 is 9.53 Å². The van der Waals surface area contributed by atoms with Crippen molar-refractivity contribution in [3.8, 4) is 11.5 Å². The average Bonchev–Trinajstić information content (AvgIpc) is 3.36. The summed E-state index contributed by atoms with van der Waals surface area (Å²) in [4.78, 5) is 15.1. The van der Waals surface area contributed by atoms with Crippen LogP contribution in [0.3, 0.4) is 0 Å². The van der Waals surface area contributed by atoms with Gasteiger partial charge in [0.1, 0.15) is 11.7 Å². The molecule has 146 valence electrons. The predicted octanol–water partition coefficient (Wildman–Crippen LogP) is 2.77. The van der Waals surface area contributed by atoms with Crippen LogP contribution in [0.4, 0.5) is 0 Å². The number of hydrogen-bond donors (Lipinski definition) is 1. The standard InChI is InChI=1S/C18H18Cl2N6O2/c1-3-11(15(20)12(19)4-2)18(27)26-10-7-25-16(13-5-6-21-22-13)23-24-17(25)14(26)9-28-8-10/h3-6,10,14H,2,7-9H2,1H3,(H,21,22)/b11-3+,15-12-/t10-,14-/m1/s1. The molecule has 4 rings (SSSR count). The van der Waals surface area contributed by atoms with Crippen molar-refractivity contribution in [3.63, 3.8) is 0 Å². The fourth-order valence-electron chi connectivity index (χ4n) is 3.61. The molecule has 2 aromatic rings. The van der Waals surface area contributed by atoms with Crippen LogP contribution in [0.1, 0.15) is 18.8 Å². The first kappa shape index (κ1) is 18.9. The molecular weight excluding hydrogens is 403 g/mol. The minimum Gasteiger partial charge on any atom is -0.377 e. The van der Waals surface area contributed by atoms with Crippen molar-refractivity contribution in [2.45, 2.75) is 25.6 Å². The molecule has 2 aliphatic heterocycles. The van der Waals surface area contributed by atoms with Crippen molar-refractivity contribution in [1.82, 2.24) is 29.9 Å². The first-order valence-electron chi connectivity index (χ1n) is 8.74. The predicted molar refractivity (Wildman–Crippen MR) is 104 cm³/mol. The highest BCUT2D eigenvalue weighted by Gasteiger charge is 2.44. The number of H-pyrrole nitrogens is 1. The zero-order valence-corrected chi connectivity index (χ0v) is 16.6. The number of nitrogens with one attached hydrogen (secondary N) is 1. The Morgan fingerprint density at radius 1 is 1.39 bits per heavy atom. The van der Waals surface area contributed by atoms with Crippen molar-refractivity contribution >= 4 is 29.1 Å². The summed E-state index contributed by atoms with van der Waals surface area (Å²) in [5.41, 5.74) is 1.10. The van der Waals surface area contributed by atoms with E-state index in [1.807, 2.05) is 10.6 Å². The second-order valence-electron chi connectivity index (χ2n) is 6.45. The topological polar surface area (TPSA) is 88.9 Å². The van der Waals surface area contributed by atoms with Gasteiger partial charge in [-0.15, -0.1) is 10.2 Å². The van der Waals surface area contributed by atoms with Crippen LogP contribution in [0.15, 0.2) is 46.6 Å². The Labute approximate surface area is 171 Å². The number of ether oxygens (including phenoxy) is 1. The van der Waals surface area contributed by atoms with Gasteiger partial charge >= 0.3 is 0 Å². The number of allylic oxidation sites excluding steroid dienone is 3. The molecule has 0 spiro atoms. The number of carbonyl (C=O) groups excluding carboxylic acids is 1. The molecule has 1 fully saturated rings. The molecule has 0 aliphatic carbocycles. The zero-order chi connectivity index (χ0) is 19.8. The normalized spacial score (nSPS) is 22.5. The third-order valence-corrected chi connectivity index (χ3v) is 5.75. The lowest BCUT2D eigenvalue weighted by molar-refractivity contribution is -0.146. The maximum Gasteiger partial charge on any atom is 0.256 e. The molecule has 28 heavy (non-hydrogen) atoms. The molecular formula is C18H18Cl2N6O2. The molecule has 1 saturated heterocycles. The number of hydrogen-bond acceptors (Lipinski definition) is 5. The number of aromatic nitrogens is 5. The fourth-order valence-corrected chi connectivity index (χ4v) is 3.98. The van der Waals surface area contributed by atoms with Gasteiger partial charge < -0.3 is 14.2 Å². The van der Waals surface area contributed by atoms with Gasteiger partial charge in [0.05, 0.1) is 34.9 Å². The first-order valence-corrected chi connectivity index (χ1v) is 9.50. The van der Waals surface area contributed by atoms with E-state index in [1.54, 1.807) is 24.1 Å². The van der Waals surface area contributed by atoms with Gasteiger partial charge in [-0.1, -0.05) is 35.9 Å². The van der Waals surface area contributed by atoms with E-state index < -0.39 is 0 Å². The van der Waals surface area contributed by atoms with Crippen LogP contribution in [0.2, 0.25) is 0 Å². The third-order valence-electron chi connectivity index (χ3n) is 4.91. The van der Waals surface area contributed by atoms with Crippen LogP contribution in [-0.2, 0) is 16.1 Å². The maximum atomic E-state index is 13.4. The second kappa shape index (κ2) is 7.54. The number of morpholine rings is 1. The Hall–Kier alpha value is -2.42. The van der Waals surface area contributed by atoms with Gasteiger partial charge in [0.25, 0.3) is 5.91 Å². The Balaban J connectivity index is 1.73. The molecule has 0 unspecified atom stereocenters. The van der Waals surface area contributed by atoms with E-state index in [2.05, 4.69) is 27.0 Å². The number of amides is 1. The van der Waals surface area contributed by atoms with E-state index in [-0.39, 0.29) is 28.1 Å². The van der Waals surface area contributed by atoms with Gasteiger partial charge in [-0.05, 0) is 19.1 Å². The minimum atomic E-state index is -0.369. The molecule has 1 amide bonds. The average molecular weight is 421 g/mol. The second-order valence-corrected chi connectivity index (χ2v) is 7.24. The SMILES string of the molecule is C=C/C(Cl)=C(Cl)\C(=C/C)C(=O)N1[C@H]2COC[C@@H]1c1nnc(-c3ccn[nH]3)n1C2. The number of aromatic amines is 1. The van der Waals surface area contributed by atoms with Gasteiger partial charge in [0, 0.05) is 12.7 Å². The lowest BCUT2D eigenvalue weighted by Crippen LogP contribution is -2.56. The van der Waals surface area contributed by atoms with Gasteiger partial charge in [0.2, 0.25) is 0 Å². The zero-order valence-electron chi connectivity index (χ0n) is 15.1. The van der Waals surface area contributed by atoms with Crippen LogP contribution < -0.4 is 0 Å². The third kappa shape index (κ3) is 2.97. The lowest BCUT2D eigenvalue weighted by Gasteiger charge is -2.45. The number of fused-ring (bicyclic) bond motifs is 4. The molecule has 2 bridgehead atoms. The van der Waals surface area contributed by atoms with Crippen LogP contribution in [0, 0.1) is 0 Å². The Kier molecular flexibility index (Phi) is 5.09. The number of nitrogens with zero attached hydrogens (tertiary/aromatic N) is 5. The van der Waals surface area contributed by atoms with Crippen molar-refractivity contribution in [2.75, 3.05) is 13.2 Å². The van der Waals surface area contributed by atoms with Gasteiger partial charge in [-0.2, -0.15) is 5.10 Å². The summed E-state index contributed by atoms with van der Waals surface area (Å²) in [7, 11) is 0. The summed E-state index contributed by atoms with van der Waals surface area (Å²) in [5, 5.41) is 15.9. The number of halogens is 2. The van der Waals surface area contributed by atoms with Crippen LogP contribution in [-0.4, -0.2) is 55.0 Å². The molecule has 8 nitrogen and oxygen atoms in total. The van der Waals surface area contributed by atoms with Crippen LogP contribution in [0.5, 0.6) is 0 Å². The molecule has 10 heteroatoms. The van der Waals surface area contributed by atoms with E-state index in [0.717, 1.165) is 5.69 Å². The van der Waals surface area contributed by atoms with Crippen LogP contribution >= 0.6 is 23.2 Å². The summed E-state index contributed by atoms with van der Waals surface area (Å²) in [6.45, 7) is 6.61. The Morgan fingerprint density at radius 2 is 2.21 bits per heavy atom. The van der Waals surface area contributed by atoms with Crippen molar-refractivity contribution in [2.24, 2.45) is 0 Å². The van der Waals surface area contributed by atoms with Gasteiger partial charge in [0.15, 0.2) is 11.6 Å². The largest absolute Gasteiger partial charge is 0.377 e. The van der Waals surface area contributed by atoms with Gasteiger partial charge in [-0.3, -0.25) is 9.89 Å². The quantitative estimate of drug-likeness (QED) is 0.606.